The fourth-order valence-electron chi connectivity index (χ4n) is 1.64. The van der Waals surface area contributed by atoms with E-state index < -0.39 is 11.8 Å². The molecule has 0 atom stereocenters. The van der Waals surface area contributed by atoms with Crippen LogP contribution in [0.25, 0.3) is 0 Å². The molecular weight excluding hydrogens is 225 g/mol. The summed E-state index contributed by atoms with van der Waals surface area (Å²) in [5.41, 5.74) is 0.642. The normalized spacial score (nSPS) is 15.7. The Balaban J connectivity index is 2.35. The molecule has 0 saturated carbocycles. The van der Waals surface area contributed by atoms with Crippen LogP contribution in [0.1, 0.15) is 12.8 Å². The smallest absolute Gasteiger partial charge is 0.333 e. The van der Waals surface area contributed by atoms with E-state index in [-0.39, 0.29) is 24.3 Å². The molecule has 88 valence electrons. The van der Waals surface area contributed by atoms with Gasteiger partial charge in [0, 0.05) is 18.3 Å². The lowest BCUT2D eigenvalue weighted by atomic mass is 10.1. The van der Waals surface area contributed by atoms with E-state index in [0.29, 0.717) is 5.69 Å². The lowest BCUT2D eigenvalue weighted by molar-refractivity contribution is -0.133. The zero-order valence-corrected chi connectivity index (χ0v) is 8.89. The third kappa shape index (κ3) is 2.33. The molecule has 1 aromatic rings. The van der Waals surface area contributed by atoms with E-state index in [2.05, 4.69) is 0 Å². The first-order valence-electron chi connectivity index (χ1n) is 5.09. The molecule has 1 amide bonds. The Labute approximate surface area is 97.0 Å². The van der Waals surface area contributed by atoms with Crippen molar-refractivity contribution in [1.29, 1.82) is 0 Å². The summed E-state index contributed by atoms with van der Waals surface area (Å²) < 4.78 is 12.7. The molecular formula is C12H10FNO3. The topological polar surface area (TPSA) is 57.6 Å². The highest BCUT2D eigenvalue weighted by molar-refractivity contribution is 6.00. The molecule has 1 aliphatic rings. The molecule has 4 nitrogen and oxygen atoms in total. The minimum Gasteiger partial charge on any atom is -0.478 e. The van der Waals surface area contributed by atoms with Crippen molar-refractivity contribution in [1.82, 2.24) is 0 Å². The number of benzene rings is 1. The van der Waals surface area contributed by atoms with Gasteiger partial charge in [-0.1, -0.05) is 0 Å². The Bertz CT molecular complexity index is 493. The number of carboxylic acid groups (broad SMARTS) is 1. The van der Waals surface area contributed by atoms with Gasteiger partial charge in [-0.3, -0.25) is 9.69 Å². The maximum Gasteiger partial charge on any atom is 0.333 e. The van der Waals surface area contributed by atoms with Crippen LogP contribution in [0.2, 0.25) is 0 Å². The summed E-state index contributed by atoms with van der Waals surface area (Å²) >= 11 is 0. The summed E-state index contributed by atoms with van der Waals surface area (Å²) in [5.74, 6) is -1.63. The number of anilines is 1. The van der Waals surface area contributed by atoms with Crippen LogP contribution in [0.15, 0.2) is 36.0 Å². The van der Waals surface area contributed by atoms with Gasteiger partial charge in [0.25, 0.3) is 0 Å². The molecule has 1 heterocycles. The second-order valence-electron chi connectivity index (χ2n) is 3.70. The quantitative estimate of drug-likeness (QED) is 0.851. The highest BCUT2D eigenvalue weighted by atomic mass is 19.1. The summed E-state index contributed by atoms with van der Waals surface area (Å²) in [6.07, 6.45) is 1.67. The van der Waals surface area contributed by atoms with E-state index in [0.717, 1.165) is 0 Å². The van der Waals surface area contributed by atoms with Crippen LogP contribution < -0.4 is 4.90 Å². The van der Waals surface area contributed by atoms with Crippen molar-refractivity contribution < 1.29 is 19.1 Å². The molecule has 0 unspecified atom stereocenters. The summed E-state index contributed by atoms with van der Waals surface area (Å²) in [7, 11) is 0. The Kier molecular flexibility index (Phi) is 2.91. The molecule has 1 N–H and O–H groups in total. The van der Waals surface area contributed by atoms with Crippen molar-refractivity contribution in [2.45, 2.75) is 12.8 Å². The summed E-state index contributed by atoms with van der Waals surface area (Å²) in [6, 6.07) is 5.33. The van der Waals surface area contributed by atoms with Crippen molar-refractivity contribution in [3.05, 3.63) is 41.9 Å². The van der Waals surface area contributed by atoms with E-state index in [1.165, 1.54) is 35.4 Å². The Morgan fingerprint density at radius 3 is 2.47 bits per heavy atom. The fraction of sp³-hybridized carbons (Fsp3) is 0.167. The zero-order chi connectivity index (χ0) is 12.4. The number of amides is 1. The van der Waals surface area contributed by atoms with Gasteiger partial charge in [-0.2, -0.15) is 0 Å². The van der Waals surface area contributed by atoms with Crippen molar-refractivity contribution in [3.8, 4) is 0 Å². The van der Waals surface area contributed by atoms with Crippen LogP contribution >= 0.6 is 0 Å². The lowest BCUT2D eigenvalue weighted by Gasteiger charge is -2.23. The number of hydrogen-bond donors (Lipinski definition) is 1. The number of hydrogen-bond acceptors (Lipinski definition) is 2. The Hall–Kier alpha value is -2.17. The number of halogens is 1. The molecule has 0 bridgehead atoms. The SMILES string of the molecule is O=C(O)C1=CN(c2ccc(F)cc2)C(=O)CC1. The highest BCUT2D eigenvalue weighted by Crippen LogP contribution is 2.23. The third-order valence-electron chi connectivity index (χ3n) is 2.54. The molecule has 5 heteroatoms. The van der Waals surface area contributed by atoms with Crippen LogP contribution in [0, 0.1) is 5.82 Å². The second-order valence-corrected chi connectivity index (χ2v) is 3.70. The molecule has 17 heavy (non-hydrogen) atoms. The Morgan fingerprint density at radius 1 is 1.24 bits per heavy atom. The lowest BCUT2D eigenvalue weighted by Crippen LogP contribution is -2.30. The van der Waals surface area contributed by atoms with Crippen LogP contribution in [0.5, 0.6) is 0 Å². The summed E-state index contributed by atoms with van der Waals surface area (Å²) in [4.78, 5) is 23.7. The van der Waals surface area contributed by atoms with Gasteiger partial charge in [-0.05, 0) is 30.7 Å². The van der Waals surface area contributed by atoms with Gasteiger partial charge in [0.1, 0.15) is 5.82 Å². The number of nitrogens with zero attached hydrogens (tertiary/aromatic N) is 1. The maximum absolute atomic E-state index is 12.7. The van der Waals surface area contributed by atoms with Gasteiger partial charge < -0.3 is 5.11 Å². The molecule has 0 saturated heterocycles. The van der Waals surface area contributed by atoms with Gasteiger partial charge in [0.2, 0.25) is 5.91 Å². The predicted octanol–water partition coefficient (Wildman–Crippen LogP) is 1.92. The molecule has 1 aromatic carbocycles. The van der Waals surface area contributed by atoms with E-state index in [4.69, 9.17) is 5.11 Å². The van der Waals surface area contributed by atoms with Crippen LogP contribution in [-0.4, -0.2) is 17.0 Å². The standard InChI is InChI=1S/C12H10FNO3/c13-9-2-4-10(5-3-9)14-7-8(12(16)17)1-6-11(14)15/h2-5,7H,1,6H2,(H,16,17). The van der Waals surface area contributed by atoms with Crippen molar-refractivity contribution in [3.63, 3.8) is 0 Å². The van der Waals surface area contributed by atoms with Crippen LogP contribution in [-0.2, 0) is 9.59 Å². The van der Waals surface area contributed by atoms with E-state index in [1.807, 2.05) is 0 Å². The molecule has 0 radical (unpaired) electrons. The Morgan fingerprint density at radius 2 is 1.88 bits per heavy atom. The van der Waals surface area contributed by atoms with Gasteiger partial charge in [0.15, 0.2) is 0 Å². The summed E-state index contributed by atoms with van der Waals surface area (Å²) in [6.45, 7) is 0. The molecule has 0 aromatic heterocycles. The average molecular weight is 235 g/mol. The van der Waals surface area contributed by atoms with Gasteiger partial charge in [0.05, 0.1) is 5.57 Å². The molecule has 0 fully saturated rings. The maximum atomic E-state index is 12.7. The molecule has 1 aliphatic heterocycles. The van der Waals surface area contributed by atoms with Gasteiger partial charge >= 0.3 is 5.97 Å². The summed E-state index contributed by atoms with van der Waals surface area (Å²) in [5, 5.41) is 8.87. The third-order valence-corrected chi connectivity index (χ3v) is 2.54. The first kappa shape index (κ1) is 11.3. The van der Waals surface area contributed by atoms with E-state index in [1.54, 1.807) is 0 Å². The molecule has 0 aliphatic carbocycles. The zero-order valence-electron chi connectivity index (χ0n) is 8.89. The first-order chi connectivity index (χ1) is 8.08. The van der Waals surface area contributed by atoms with Crippen LogP contribution in [0.4, 0.5) is 10.1 Å². The number of carbonyl (C=O) groups excluding carboxylic acids is 1. The largest absolute Gasteiger partial charge is 0.478 e. The van der Waals surface area contributed by atoms with Crippen molar-refractivity contribution in [2.75, 3.05) is 4.90 Å². The highest BCUT2D eigenvalue weighted by Gasteiger charge is 2.23. The minimum atomic E-state index is -1.04. The fourth-order valence-corrected chi connectivity index (χ4v) is 1.64. The predicted molar refractivity (Wildman–Crippen MR) is 58.8 cm³/mol. The number of carbonyl (C=O) groups is 2. The van der Waals surface area contributed by atoms with Crippen LogP contribution in [0.3, 0.4) is 0 Å². The van der Waals surface area contributed by atoms with Crippen molar-refractivity contribution >= 4 is 17.6 Å². The number of carboxylic acids is 1. The minimum absolute atomic E-state index is 0.148. The molecule has 2 rings (SSSR count). The monoisotopic (exact) mass is 235 g/mol. The van der Waals surface area contributed by atoms with E-state index >= 15 is 0 Å². The number of aliphatic carboxylic acids is 1. The first-order valence-corrected chi connectivity index (χ1v) is 5.09. The second kappa shape index (κ2) is 4.37. The molecule has 0 spiro atoms. The van der Waals surface area contributed by atoms with Gasteiger partial charge in [-0.15, -0.1) is 0 Å². The average Bonchev–Trinajstić information content (AvgIpc) is 2.31. The van der Waals surface area contributed by atoms with Gasteiger partial charge in [-0.25, -0.2) is 9.18 Å². The number of rotatable bonds is 2. The van der Waals surface area contributed by atoms with E-state index in [9.17, 15) is 14.0 Å². The van der Waals surface area contributed by atoms with Crippen molar-refractivity contribution in [2.24, 2.45) is 0 Å².